The third-order valence-electron chi connectivity index (χ3n) is 2.80. The molecule has 72 valence electrons. The van der Waals surface area contributed by atoms with Crippen LogP contribution in [0.25, 0.3) is 0 Å². The molecule has 13 heavy (non-hydrogen) atoms. The van der Waals surface area contributed by atoms with E-state index in [1.54, 1.807) is 11.1 Å². The monoisotopic (exact) mass is 176 g/mol. The van der Waals surface area contributed by atoms with Crippen LogP contribution in [0.2, 0.25) is 0 Å². The van der Waals surface area contributed by atoms with E-state index in [2.05, 4.69) is 32.0 Å². The highest BCUT2D eigenvalue weighted by molar-refractivity contribution is 5.39. The Morgan fingerprint density at radius 3 is 2.54 bits per heavy atom. The average Bonchev–Trinajstić information content (AvgIpc) is 2.53. The summed E-state index contributed by atoms with van der Waals surface area (Å²) in [5.41, 5.74) is 4.68. The Morgan fingerprint density at radius 2 is 1.92 bits per heavy atom. The third kappa shape index (κ3) is 1.93. The van der Waals surface area contributed by atoms with E-state index in [1.165, 1.54) is 18.4 Å². The van der Waals surface area contributed by atoms with Crippen molar-refractivity contribution in [2.45, 2.75) is 46.5 Å². The summed E-state index contributed by atoms with van der Waals surface area (Å²) in [6, 6.07) is 6.67. The zero-order chi connectivity index (χ0) is 9.84. The SMILES string of the molecule is CC.Cc1cccc2c1CCC2C. The average molecular weight is 176 g/mol. The fraction of sp³-hybridized carbons (Fsp3) is 0.538. The lowest BCUT2D eigenvalue weighted by atomic mass is 10.0. The van der Waals surface area contributed by atoms with Gasteiger partial charge in [-0.3, -0.25) is 0 Å². The first-order valence-electron chi connectivity index (χ1n) is 5.37. The van der Waals surface area contributed by atoms with Gasteiger partial charge in [0.15, 0.2) is 0 Å². The Balaban J connectivity index is 0.000000396. The Labute approximate surface area is 82.0 Å². The lowest BCUT2D eigenvalue weighted by Crippen LogP contribution is -1.87. The van der Waals surface area contributed by atoms with Gasteiger partial charge in [0, 0.05) is 0 Å². The molecule has 1 aromatic carbocycles. The summed E-state index contributed by atoms with van der Waals surface area (Å²) in [5, 5.41) is 0. The molecule has 0 spiro atoms. The van der Waals surface area contributed by atoms with Crippen LogP contribution in [0.5, 0.6) is 0 Å². The van der Waals surface area contributed by atoms with Crippen LogP contribution in [-0.2, 0) is 6.42 Å². The molecule has 0 saturated carbocycles. The molecule has 1 unspecified atom stereocenters. The van der Waals surface area contributed by atoms with Gasteiger partial charge in [0.1, 0.15) is 0 Å². The first-order valence-corrected chi connectivity index (χ1v) is 5.37. The molecule has 0 aromatic heterocycles. The maximum atomic E-state index is 2.32. The number of hydrogen-bond acceptors (Lipinski definition) is 0. The quantitative estimate of drug-likeness (QED) is 0.559. The van der Waals surface area contributed by atoms with Gasteiger partial charge in [-0.15, -0.1) is 0 Å². The lowest BCUT2D eigenvalue weighted by Gasteiger charge is -2.04. The van der Waals surface area contributed by atoms with E-state index in [0.717, 1.165) is 5.92 Å². The highest BCUT2D eigenvalue weighted by Gasteiger charge is 2.18. The molecule has 0 heteroatoms. The first kappa shape index (κ1) is 10.3. The summed E-state index contributed by atoms with van der Waals surface area (Å²) in [6.45, 7) is 8.54. The van der Waals surface area contributed by atoms with Gasteiger partial charge in [-0.25, -0.2) is 0 Å². The van der Waals surface area contributed by atoms with Gasteiger partial charge < -0.3 is 0 Å². The lowest BCUT2D eigenvalue weighted by molar-refractivity contribution is 0.747. The van der Waals surface area contributed by atoms with Crippen LogP contribution in [0.15, 0.2) is 18.2 Å². The maximum Gasteiger partial charge on any atom is -0.0184 e. The van der Waals surface area contributed by atoms with E-state index in [4.69, 9.17) is 0 Å². The smallest absolute Gasteiger partial charge is 0.0184 e. The number of benzene rings is 1. The molecule has 1 aromatic rings. The Bertz CT molecular complexity index is 273. The predicted octanol–water partition coefficient (Wildman–Crippen LogP) is 4.07. The van der Waals surface area contributed by atoms with Crippen molar-refractivity contribution in [3.8, 4) is 0 Å². The molecule has 0 radical (unpaired) electrons. The second-order valence-electron chi connectivity index (χ2n) is 3.58. The molecular weight excluding hydrogens is 156 g/mol. The van der Waals surface area contributed by atoms with Gasteiger partial charge in [-0.1, -0.05) is 39.0 Å². The minimum absolute atomic E-state index is 0.796. The van der Waals surface area contributed by atoms with Crippen molar-refractivity contribution < 1.29 is 0 Å². The highest BCUT2D eigenvalue weighted by Crippen LogP contribution is 2.33. The number of aryl methyl sites for hydroxylation is 1. The van der Waals surface area contributed by atoms with E-state index < -0.39 is 0 Å². The van der Waals surface area contributed by atoms with Crippen molar-refractivity contribution >= 4 is 0 Å². The van der Waals surface area contributed by atoms with Crippen LogP contribution in [-0.4, -0.2) is 0 Å². The van der Waals surface area contributed by atoms with Crippen LogP contribution >= 0.6 is 0 Å². The van der Waals surface area contributed by atoms with Crippen LogP contribution in [0, 0.1) is 6.92 Å². The Kier molecular flexibility index (Phi) is 3.53. The molecule has 0 heterocycles. The summed E-state index contributed by atoms with van der Waals surface area (Å²) in [7, 11) is 0. The fourth-order valence-corrected chi connectivity index (χ4v) is 2.04. The van der Waals surface area contributed by atoms with Gasteiger partial charge in [0.25, 0.3) is 0 Å². The van der Waals surface area contributed by atoms with Gasteiger partial charge >= 0.3 is 0 Å². The van der Waals surface area contributed by atoms with Gasteiger partial charge in [-0.2, -0.15) is 0 Å². The van der Waals surface area contributed by atoms with Crippen LogP contribution < -0.4 is 0 Å². The van der Waals surface area contributed by atoms with E-state index in [0.29, 0.717) is 0 Å². The molecule has 1 aliphatic carbocycles. The standard InChI is InChI=1S/C11H14.C2H6/c1-8-4-3-5-10-9(2)6-7-11(8)10;1-2/h3-5,9H,6-7H2,1-2H3;1-2H3. The summed E-state index contributed by atoms with van der Waals surface area (Å²) in [4.78, 5) is 0. The molecular formula is C13H20. The summed E-state index contributed by atoms with van der Waals surface area (Å²) in [6.07, 6.45) is 2.64. The molecule has 0 amide bonds. The van der Waals surface area contributed by atoms with E-state index in [-0.39, 0.29) is 0 Å². The van der Waals surface area contributed by atoms with E-state index in [1.807, 2.05) is 13.8 Å². The van der Waals surface area contributed by atoms with Crippen molar-refractivity contribution in [2.24, 2.45) is 0 Å². The molecule has 0 fully saturated rings. The fourth-order valence-electron chi connectivity index (χ4n) is 2.04. The van der Waals surface area contributed by atoms with Crippen LogP contribution in [0.3, 0.4) is 0 Å². The first-order chi connectivity index (χ1) is 6.29. The maximum absolute atomic E-state index is 2.32. The van der Waals surface area contributed by atoms with Gasteiger partial charge in [0.2, 0.25) is 0 Å². The van der Waals surface area contributed by atoms with Crippen molar-refractivity contribution in [3.63, 3.8) is 0 Å². The molecule has 0 bridgehead atoms. The van der Waals surface area contributed by atoms with Crippen molar-refractivity contribution in [2.75, 3.05) is 0 Å². The molecule has 0 nitrogen and oxygen atoms in total. The van der Waals surface area contributed by atoms with Crippen molar-refractivity contribution in [3.05, 3.63) is 34.9 Å². The molecule has 1 aliphatic rings. The van der Waals surface area contributed by atoms with Crippen molar-refractivity contribution in [1.82, 2.24) is 0 Å². The number of rotatable bonds is 0. The summed E-state index contributed by atoms with van der Waals surface area (Å²) < 4.78 is 0. The normalized spacial score (nSPS) is 18.9. The van der Waals surface area contributed by atoms with E-state index >= 15 is 0 Å². The molecule has 1 atom stereocenters. The second kappa shape index (κ2) is 4.45. The zero-order valence-corrected chi connectivity index (χ0v) is 9.22. The van der Waals surface area contributed by atoms with Crippen LogP contribution in [0.1, 0.15) is 49.8 Å². The summed E-state index contributed by atoms with van der Waals surface area (Å²) in [5.74, 6) is 0.796. The molecule has 0 aliphatic heterocycles. The molecule has 0 saturated heterocycles. The predicted molar refractivity (Wildman–Crippen MR) is 59.3 cm³/mol. The van der Waals surface area contributed by atoms with E-state index in [9.17, 15) is 0 Å². The minimum Gasteiger partial charge on any atom is -0.0683 e. The zero-order valence-electron chi connectivity index (χ0n) is 9.22. The topological polar surface area (TPSA) is 0 Å². The van der Waals surface area contributed by atoms with Gasteiger partial charge in [0.05, 0.1) is 0 Å². The highest BCUT2D eigenvalue weighted by atomic mass is 14.2. The Morgan fingerprint density at radius 1 is 1.23 bits per heavy atom. The van der Waals surface area contributed by atoms with Crippen molar-refractivity contribution in [1.29, 1.82) is 0 Å². The minimum atomic E-state index is 0.796. The molecule has 0 N–H and O–H groups in total. The summed E-state index contributed by atoms with van der Waals surface area (Å²) >= 11 is 0. The van der Waals surface area contributed by atoms with Gasteiger partial charge in [-0.05, 0) is 42.4 Å². The molecule has 2 rings (SSSR count). The Hall–Kier alpha value is -0.780. The number of fused-ring (bicyclic) bond motifs is 1. The second-order valence-corrected chi connectivity index (χ2v) is 3.58. The van der Waals surface area contributed by atoms with Crippen LogP contribution in [0.4, 0.5) is 0 Å². The third-order valence-corrected chi connectivity index (χ3v) is 2.80. The number of hydrogen-bond donors (Lipinski definition) is 0. The largest absolute Gasteiger partial charge is 0.0683 e.